The van der Waals surface area contributed by atoms with Gasteiger partial charge in [0, 0.05) is 25.4 Å². The van der Waals surface area contributed by atoms with E-state index in [0.29, 0.717) is 12.0 Å². The van der Waals surface area contributed by atoms with Crippen molar-refractivity contribution in [1.29, 1.82) is 0 Å². The first-order chi connectivity index (χ1) is 8.27. The molecule has 0 aliphatic heterocycles. The SMILES string of the molecule is Cc1c(C(=O)NC(CCO)C(C)(C)C)cnn1C. The molecule has 1 atom stereocenters. The van der Waals surface area contributed by atoms with Crippen LogP contribution in [-0.2, 0) is 7.05 Å². The number of aliphatic hydroxyl groups is 1. The Kier molecular flexibility index (Phi) is 4.51. The predicted molar refractivity (Wildman–Crippen MR) is 70.4 cm³/mol. The molecule has 0 radical (unpaired) electrons. The molecule has 5 nitrogen and oxygen atoms in total. The Bertz CT molecular complexity index is 418. The van der Waals surface area contributed by atoms with Crippen LogP contribution in [0, 0.1) is 12.3 Å². The summed E-state index contributed by atoms with van der Waals surface area (Å²) in [5, 5.41) is 16.1. The monoisotopic (exact) mass is 253 g/mol. The lowest BCUT2D eigenvalue weighted by molar-refractivity contribution is 0.0884. The number of aryl methyl sites for hydroxylation is 1. The van der Waals surface area contributed by atoms with Crippen LogP contribution in [0.5, 0.6) is 0 Å². The van der Waals surface area contributed by atoms with Gasteiger partial charge in [0.15, 0.2) is 0 Å². The summed E-state index contributed by atoms with van der Waals surface area (Å²) in [7, 11) is 1.81. The number of hydrogen-bond acceptors (Lipinski definition) is 3. The minimum atomic E-state index is -0.131. The minimum Gasteiger partial charge on any atom is -0.396 e. The number of carbonyl (C=O) groups excluding carboxylic acids is 1. The van der Waals surface area contributed by atoms with Crippen LogP contribution in [0.1, 0.15) is 43.2 Å². The molecule has 0 aliphatic rings. The van der Waals surface area contributed by atoms with Crippen molar-refractivity contribution in [3.8, 4) is 0 Å². The maximum atomic E-state index is 12.2. The number of hydrogen-bond donors (Lipinski definition) is 2. The van der Waals surface area contributed by atoms with E-state index in [0.717, 1.165) is 5.69 Å². The van der Waals surface area contributed by atoms with Gasteiger partial charge < -0.3 is 10.4 Å². The van der Waals surface area contributed by atoms with E-state index in [1.54, 1.807) is 17.9 Å². The molecule has 1 aromatic rings. The van der Waals surface area contributed by atoms with Crippen LogP contribution in [0.3, 0.4) is 0 Å². The third kappa shape index (κ3) is 3.32. The van der Waals surface area contributed by atoms with E-state index >= 15 is 0 Å². The molecule has 18 heavy (non-hydrogen) atoms. The van der Waals surface area contributed by atoms with Gasteiger partial charge in [0.1, 0.15) is 0 Å². The topological polar surface area (TPSA) is 67.2 Å². The molecule has 0 aromatic carbocycles. The fraction of sp³-hybridized carbons (Fsp3) is 0.692. The first-order valence-electron chi connectivity index (χ1n) is 6.17. The van der Waals surface area contributed by atoms with Crippen molar-refractivity contribution in [2.24, 2.45) is 12.5 Å². The second kappa shape index (κ2) is 5.52. The molecule has 102 valence electrons. The zero-order valence-corrected chi connectivity index (χ0v) is 11.8. The molecule has 1 rings (SSSR count). The lowest BCUT2D eigenvalue weighted by Gasteiger charge is -2.31. The molecular weight excluding hydrogens is 230 g/mol. The summed E-state index contributed by atoms with van der Waals surface area (Å²) in [6.45, 7) is 8.06. The van der Waals surface area contributed by atoms with Crippen LogP contribution in [-0.4, -0.2) is 33.4 Å². The van der Waals surface area contributed by atoms with E-state index in [9.17, 15) is 4.79 Å². The predicted octanol–water partition coefficient (Wildman–Crippen LogP) is 1.26. The van der Waals surface area contributed by atoms with Crippen LogP contribution in [0.2, 0.25) is 0 Å². The van der Waals surface area contributed by atoms with Gasteiger partial charge in [-0.05, 0) is 18.8 Å². The van der Waals surface area contributed by atoms with E-state index in [1.807, 2.05) is 27.7 Å². The van der Waals surface area contributed by atoms with Crippen molar-refractivity contribution in [3.05, 3.63) is 17.5 Å². The molecule has 0 saturated carbocycles. The molecule has 0 aliphatic carbocycles. The van der Waals surface area contributed by atoms with Gasteiger partial charge in [-0.25, -0.2) is 0 Å². The summed E-state index contributed by atoms with van der Waals surface area (Å²) < 4.78 is 1.67. The standard InChI is InChI=1S/C13H23N3O2/c1-9-10(8-14-16(9)5)12(18)15-11(6-7-17)13(2,3)4/h8,11,17H,6-7H2,1-5H3,(H,15,18). The molecule has 0 saturated heterocycles. The smallest absolute Gasteiger partial charge is 0.254 e. The van der Waals surface area contributed by atoms with Gasteiger partial charge in [-0.1, -0.05) is 20.8 Å². The highest BCUT2D eigenvalue weighted by molar-refractivity contribution is 5.95. The molecule has 1 heterocycles. The summed E-state index contributed by atoms with van der Waals surface area (Å²) in [6.07, 6.45) is 2.12. The fourth-order valence-electron chi connectivity index (χ4n) is 1.81. The van der Waals surface area contributed by atoms with Crippen LogP contribution in [0.15, 0.2) is 6.20 Å². The number of aromatic nitrogens is 2. The van der Waals surface area contributed by atoms with E-state index in [4.69, 9.17) is 5.11 Å². The van der Waals surface area contributed by atoms with Gasteiger partial charge in [0.2, 0.25) is 0 Å². The third-order valence-electron chi connectivity index (χ3n) is 3.25. The highest BCUT2D eigenvalue weighted by atomic mass is 16.3. The number of amides is 1. The average molecular weight is 253 g/mol. The largest absolute Gasteiger partial charge is 0.396 e. The molecular formula is C13H23N3O2. The van der Waals surface area contributed by atoms with Crippen molar-refractivity contribution in [1.82, 2.24) is 15.1 Å². The van der Waals surface area contributed by atoms with Gasteiger partial charge in [0.25, 0.3) is 5.91 Å². The van der Waals surface area contributed by atoms with Crippen LogP contribution >= 0.6 is 0 Å². The third-order valence-corrected chi connectivity index (χ3v) is 3.25. The molecule has 5 heteroatoms. The lowest BCUT2D eigenvalue weighted by atomic mass is 9.85. The fourth-order valence-corrected chi connectivity index (χ4v) is 1.81. The Morgan fingerprint density at radius 1 is 1.56 bits per heavy atom. The summed E-state index contributed by atoms with van der Waals surface area (Å²) in [6, 6.07) is -0.0605. The van der Waals surface area contributed by atoms with Crippen molar-refractivity contribution < 1.29 is 9.90 Å². The quantitative estimate of drug-likeness (QED) is 0.848. The van der Waals surface area contributed by atoms with Crippen LogP contribution in [0.25, 0.3) is 0 Å². The Balaban J connectivity index is 2.82. The maximum Gasteiger partial charge on any atom is 0.254 e. The zero-order chi connectivity index (χ0) is 13.9. The van der Waals surface area contributed by atoms with E-state index in [-0.39, 0.29) is 24.0 Å². The van der Waals surface area contributed by atoms with Crippen LogP contribution in [0.4, 0.5) is 0 Å². The van der Waals surface area contributed by atoms with Gasteiger partial charge in [-0.2, -0.15) is 5.10 Å². The van der Waals surface area contributed by atoms with E-state index in [2.05, 4.69) is 10.4 Å². The van der Waals surface area contributed by atoms with Crippen molar-refractivity contribution >= 4 is 5.91 Å². The minimum absolute atomic E-state index is 0.0605. The van der Waals surface area contributed by atoms with Gasteiger partial charge in [-0.3, -0.25) is 9.48 Å². The normalized spacial score (nSPS) is 13.4. The Hall–Kier alpha value is -1.36. The number of nitrogens with one attached hydrogen (secondary N) is 1. The Morgan fingerprint density at radius 2 is 2.17 bits per heavy atom. The maximum absolute atomic E-state index is 12.2. The van der Waals surface area contributed by atoms with E-state index in [1.165, 1.54) is 0 Å². The number of carbonyl (C=O) groups is 1. The van der Waals surface area contributed by atoms with Gasteiger partial charge in [0.05, 0.1) is 11.8 Å². The molecule has 0 fully saturated rings. The summed E-state index contributed by atoms with van der Waals surface area (Å²) in [5.74, 6) is -0.131. The Morgan fingerprint density at radius 3 is 2.56 bits per heavy atom. The number of nitrogens with zero attached hydrogens (tertiary/aromatic N) is 2. The zero-order valence-electron chi connectivity index (χ0n) is 11.8. The van der Waals surface area contributed by atoms with Crippen molar-refractivity contribution in [3.63, 3.8) is 0 Å². The summed E-state index contributed by atoms with van der Waals surface area (Å²) >= 11 is 0. The molecule has 0 bridgehead atoms. The van der Waals surface area contributed by atoms with Gasteiger partial charge in [-0.15, -0.1) is 0 Å². The second-order valence-corrected chi connectivity index (χ2v) is 5.67. The first-order valence-corrected chi connectivity index (χ1v) is 6.17. The molecule has 1 aromatic heterocycles. The molecule has 2 N–H and O–H groups in total. The van der Waals surface area contributed by atoms with E-state index < -0.39 is 0 Å². The number of rotatable bonds is 4. The summed E-state index contributed by atoms with van der Waals surface area (Å²) in [4.78, 5) is 12.2. The van der Waals surface area contributed by atoms with Crippen molar-refractivity contribution in [2.75, 3.05) is 6.61 Å². The highest BCUT2D eigenvalue weighted by Crippen LogP contribution is 2.22. The van der Waals surface area contributed by atoms with Crippen LogP contribution < -0.4 is 5.32 Å². The van der Waals surface area contributed by atoms with Crippen molar-refractivity contribution in [2.45, 2.75) is 40.2 Å². The summed E-state index contributed by atoms with van der Waals surface area (Å²) in [5.41, 5.74) is 1.34. The second-order valence-electron chi connectivity index (χ2n) is 5.67. The first kappa shape index (κ1) is 14.7. The Labute approximate surface area is 108 Å². The number of aliphatic hydroxyl groups excluding tert-OH is 1. The highest BCUT2D eigenvalue weighted by Gasteiger charge is 2.27. The molecule has 0 spiro atoms. The lowest BCUT2D eigenvalue weighted by Crippen LogP contribution is -2.44. The molecule has 1 amide bonds. The van der Waals surface area contributed by atoms with Gasteiger partial charge >= 0.3 is 0 Å². The molecule has 1 unspecified atom stereocenters. The average Bonchev–Trinajstić information content (AvgIpc) is 2.58.